The second kappa shape index (κ2) is 5.99. The van der Waals surface area contributed by atoms with Gasteiger partial charge in [0.15, 0.2) is 0 Å². The minimum absolute atomic E-state index is 0.179. The van der Waals surface area contributed by atoms with Gasteiger partial charge in [0.05, 0.1) is 6.10 Å². The van der Waals surface area contributed by atoms with Crippen molar-refractivity contribution >= 4 is 0 Å². The summed E-state index contributed by atoms with van der Waals surface area (Å²) in [6.07, 6.45) is 3.15. The summed E-state index contributed by atoms with van der Waals surface area (Å²) in [5.41, 5.74) is 0.310. The highest BCUT2D eigenvalue weighted by Crippen LogP contribution is 2.19. The fourth-order valence-electron chi connectivity index (χ4n) is 2.25. The smallest absolute Gasteiger partial charge is 0.0524 e. The van der Waals surface area contributed by atoms with Gasteiger partial charge in [-0.05, 0) is 53.5 Å². The lowest BCUT2D eigenvalue weighted by Gasteiger charge is -2.41. The van der Waals surface area contributed by atoms with Crippen molar-refractivity contribution in [3.63, 3.8) is 0 Å². The maximum atomic E-state index is 9.18. The Morgan fingerprint density at radius 3 is 2.31 bits per heavy atom. The number of nitrogens with zero attached hydrogens (tertiary/aromatic N) is 1. The fourth-order valence-corrected chi connectivity index (χ4v) is 2.25. The third-order valence-electron chi connectivity index (χ3n) is 3.44. The zero-order valence-corrected chi connectivity index (χ0v) is 11.3. The molecule has 0 aliphatic carbocycles. The first-order chi connectivity index (χ1) is 7.39. The molecule has 1 rings (SSSR count). The Balaban J connectivity index is 2.17. The summed E-state index contributed by atoms with van der Waals surface area (Å²) < 4.78 is 0. The van der Waals surface area contributed by atoms with E-state index in [2.05, 4.69) is 31.0 Å². The lowest BCUT2D eigenvalue weighted by molar-refractivity contribution is 0.0950. The van der Waals surface area contributed by atoms with Gasteiger partial charge in [-0.25, -0.2) is 0 Å². The van der Waals surface area contributed by atoms with Crippen LogP contribution in [-0.4, -0.2) is 47.3 Å². The molecule has 1 saturated heterocycles. The van der Waals surface area contributed by atoms with E-state index in [4.69, 9.17) is 0 Å². The van der Waals surface area contributed by atoms with Gasteiger partial charge < -0.3 is 10.4 Å². The highest BCUT2D eigenvalue weighted by Gasteiger charge is 2.26. The number of aliphatic hydroxyl groups excluding tert-OH is 1. The highest BCUT2D eigenvalue weighted by molar-refractivity contribution is 4.84. The summed E-state index contributed by atoms with van der Waals surface area (Å²) in [5, 5.41) is 12.7. The fraction of sp³-hybridized carbons (Fsp3) is 1.00. The van der Waals surface area contributed by atoms with Gasteiger partial charge in [-0.15, -0.1) is 0 Å². The zero-order chi connectivity index (χ0) is 12.2. The highest BCUT2D eigenvalue weighted by atomic mass is 16.3. The van der Waals surface area contributed by atoms with Gasteiger partial charge in [-0.3, -0.25) is 4.90 Å². The van der Waals surface area contributed by atoms with Gasteiger partial charge in [0.1, 0.15) is 0 Å². The maximum Gasteiger partial charge on any atom is 0.0524 e. The van der Waals surface area contributed by atoms with Gasteiger partial charge in [0.25, 0.3) is 0 Å². The van der Waals surface area contributed by atoms with Crippen LogP contribution in [-0.2, 0) is 0 Å². The molecule has 0 bridgehead atoms. The lowest BCUT2D eigenvalue weighted by Crippen LogP contribution is -2.50. The van der Waals surface area contributed by atoms with Crippen LogP contribution in [0.15, 0.2) is 0 Å². The molecule has 1 heterocycles. The summed E-state index contributed by atoms with van der Waals surface area (Å²) >= 11 is 0. The van der Waals surface area contributed by atoms with Crippen molar-refractivity contribution < 1.29 is 5.11 Å². The van der Waals surface area contributed by atoms with E-state index in [0.29, 0.717) is 11.6 Å². The average Bonchev–Trinajstić information content (AvgIpc) is 2.16. The molecule has 0 aromatic carbocycles. The maximum absolute atomic E-state index is 9.18. The molecule has 2 N–H and O–H groups in total. The van der Waals surface area contributed by atoms with Gasteiger partial charge in [-0.2, -0.15) is 0 Å². The molecule has 1 atom stereocenters. The number of piperidine rings is 1. The zero-order valence-electron chi connectivity index (χ0n) is 11.3. The largest absolute Gasteiger partial charge is 0.393 e. The van der Waals surface area contributed by atoms with Crippen molar-refractivity contribution in [1.82, 2.24) is 10.2 Å². The minimum atomic E-state index is -0.179. The molecule has 1 unspecified atom stereocenters. The van der Waals surface area contributed by atoms with Gasteiger partial charge in [-0.1, -0.05) is 0 Å². The first-order valence-corrected chi connectivity index (χ1v) is 6.56. The van der Waals surface area contributed by atoms with Crippen LogP contribution in [0.25, 0.3) is 0 Å². The molecular formula is C13H28N2O. The van der Waals surface area contributed by atoms with E-state index in [9.17, 15) is 5.11 Å². The third kappa shape index (κ3) is 4.81. The van der Waals surface area contributed by atoms with E-state index < -0.39 is 0 Å². The monoisotopic (exact) mass is 228 g/mol. The van der Waals surface area contributed by atoms with Gasteiger partial charge in [0.2, 0.25) is 0 Å². The molecule has 0 spiro atoms. The van der Waals surface area contributed by atoms with Crippen LogP contribution in [0.4, 0.5) is 0 Å². The van der Waals surface area contributed by atoms with E-state index in [1.54, 1.807) is 0 Å². The summed E-state index contributed by atoms with van der Waals surface area (Å²) in [6.45, 7) is 12.0. The molecule has 16 heavy (non-hydrogen) atoms. The number of hydrogen-bond acceptors (Lipinski definition) is 3. The van der Waals surface area contributed by atoms with E-state index >= 15 is 0 Å². The van der Waals surface area contributed by atoms with E-state index in [0.717, 1.165) is 13.0 Å². The number of aliphatic hydroxyl groups is 1. The molecule has 1 aliphatic rings. The Morgan fingerprint density at radius 1 is 1.31 bits per heavy atom. The Labute approximate surface area is 100 Å². The van der Waals surface area contributed by atoms with E-state index in [1.165, 1.54) is 25.9 Å². The van der Waals surface area contributed by atoms with Crippen molar-refractivity contribution in [3.8, 4) is 0 Å². The predicted molar refractivity (Wildman–Crippen MR) is 68.6 cm³/mol. The average molecular weight is 228 g/mol. The van der Waals surface area contributed by atoms with E-state index in [-0.39, 0.29) is 6.10 Å². The Bertz CT molecular complexity index is 191. The minimum Gasteiger partial charge on any atom is -0.393 e. The Hall–Kier alpha value is -0.120. The van der Waals surface area contributed by atoms with Crippen molar-refractivity contribution in [1.29, 1.82) is 0 Å². The van der Waals surface area contributed by atoms with Crippen LogP contribution in [0.5, 0.6) is 0 Å². The summed E-state index contributed by atoms with van der Waals surface area (Å²) in [5.74, 6) is 0. The molecule has 3 nitrogen and oxygen atoms in total. The first-order valence-electron chi connectivity index (χ1n) is 6.56. The van der Waals surface area contributed by atoms with Crippen LogP contribution in [0, 0.1) is 0 Å². The number of likely N-dealkylation sites (tertiary alicyclic amines) is 1. The Morgan fingerprint density at radius 2 is 1.88 bits per heavy atom. The third-order valence-corrected chi connectivity index (χ3v) is 3.44. The summed E-state index contributed by atoms with van der Waals surface area (Å²) in [4.78, 5) is 2.56. The molecule has 0 amide bonds. The van der Waals surface area contributed by atoms with Gasteiger partial charge in [0, 0.05) is 24.7 Å². The van der Waals surface area contributed by atoms with Crippen LogP contribution in [0.3, 0.4) is 0 Å². The quantitative estimate of drug-likeness (QED) is 0.767. The van der Waals surface area contributed by atoms with Crippen molar-refractivity contribution in [2.75, 3.05) is 19.6 Å². The summed E-state index contributed by atoms with van der Waals surface area (Å²) in [7, 11) is 0. The van der Waals surface area contributed by atoms with Crippen LogP contribution in [0.1, 0.15) is 47.0 Å². The molecule has 0 radical (unpaired) electrons. The van der Waals surface area contributed by atoms with Crippen LogP contribution < -0.4 is 5.32 Å². The van der Waals surface area contributed by atoms with Crippen molar-refractivity contribution in [2.24, 2.45) is 0 Å². The number of hydrogen-bond donors (Lipinski definition) is 2. The number of nitrogens with one attached hydrogen (secondary N) is 1. The normalized spacial score (nSPS) is 22.3. The number of rotatable bonds is 4. The molecule has 1 fully saturated rings. The second-order valence-corrected chi connectivity index (χ2v) is 6.02. The standard InChI is InChI=1S/C13H28N2O/c1-11(16)5-8-14-12-6-9-15(10-7-12)13(2,3)4/h11-12,14,16H,5-10H2,1-4H3. The van der Waals surface area contributed by atoms with Crippen LogP contribution >= 0.6 is 0 Å². The lowest BCUT2D eigenvalue weighted by atomic mass is 9.98. The summed E-state index contributed by atoms with van der Waals surface area (Å²) in [6, 6.07) is 0.650. The molecule has 0 saturated carbocycles. The first kappa shape index (κ1) is 13.9. The SMILES string of the molecule is CC(O)CCNC1CCN(C(C)(C)C)CC1. The van der Waals surface area contributed by atoms with Crippen molar-refractivity contribution in [3.05, 3.63) is 0 Å². The van der Waals surface area contributed by atoms with E-state index in [1.807, 2.05) is 6.92 Å². The molecule has 0 aromatic rings. The van der Waals surface area contributed by atoms with Crippen molar-refractivity contribution in [2.45, 2.75) is 64.6 Å². The predicted octanol–water partition coefficient (Wildman–Crippen LogP) is 1.61. The topological polar surface area (TPSA) is 35.5 Å². The molecule has 1 aliphatic heterocycles. The molecular weight excluding hydrogens is 200 g/mol. The molecule has 0 aromatic heterocycles. The van der Waals surface area contributed by atoms with Gasteiger partial charge >= 0.3 is 0 Å². The Kier molecular flexibility index (Phi) is 5.22. The molecule has 96 valence electrons. The molecule has 3 heteroatoms. The van der Waals surface area contributed by atoms with Crippen LogP contribution in [0.2, 0.25) is 0 Å². The second-order valence-electron chi connectivity index (χ2n) is 6.02.